The molecule has 0 aliphatic heterocycles. The lowest BCUT2D eigenvalue weighted by atomic mass is 10.1. The van der Waals surface area contributed by atoms with Crippen molar-refractivity contribution in [2.24, 2.45) is 5.92 Å². The van der Waals surface area contributed by atoms with Crippen LogP contribution in [0, 0.1) is 19.8 Å². The van der Waals surface area contributed by atoms with Crippen molar-refractivity contribution in [1.82, 2.24) is 20.1 Å². The molecule has 0 bridgehead atoms. The zero-order valence-electron chi connectivity index (χ0n) is 17.4. The number of anilines is 1. The topological polar surface area (TPSA) is 88.9 Å². The number of carbonyl (C=O) groups is 2. The highest BCUT2D eigenvalue weighted by Crippen LogP contribution is 2.18. The van der Waals surface area contributed by atoms with Crippen LogP contribution in [0.1, 0.15) is 41.3 Å². The van der Waals surface area contributed by atoms with Gasteiger partial charge in [-0.15, -0.1) is 0 Å². The SMILES string of the molecule is Cc1cc(C)n(-c2ccc(Cl)c(C(=O)NCc3ccc(NC(=O)C(C)C)cc3)n2)n1. The van der Waals surface area contributed by atoms with E-state index in [1.807, 2.05) is 45.9 Å². The Morgan fingerprint density at radius 2 is 1.80 bits per heavy atom. The number of hydrogen-bond donors (Lipinski definition) is 2. The summed E-state index contributed by atoms with van der Waals surface area (Å²) in [5, 5.41) is 10.3. The molecule has 30 heavy (non-hydrogen) atoms. The van der Waals surface area contributed by atoms with E-state index in [1.54, 1.807) is 28.9 Å². The fourth-order valence-electron chi connectivity index (χ4n) is 2.83. The third kappa shape index (κ3) is 5.04. The third-order valence-electron chi connectivity index (χ3n) is 4.47. The number of nitrogens with zero attached hydrogens (tertiary/aromatic N) is 3. The first-order valence-electron chi connectivity index (χ1n) is 9.63. The highest BCUT2D eigenvalue weighted by Gasteiger charge is 2.15. The number of amides is 2. The molecule has 3 aromatic rings. The van der Waals surface area contributed by atoms with E-state index < -0.39 is 0 Å². The van der Waals surface area contributed by atoms with Crippen molar-refractivity contribution in [3.8, 4) is 5.82 Å². The Kier molecular flexibility index (Phi) is 6.52. The van der Waals surface area contributed by atoms with E-state index in [4.69, 9.17) is 11.6 Å². The van der Waals surface area contributed by atoms with Gasteiger partial charge in [0, 0.05) is 23.8 Å². The van der Waals surface area contributed by atoms with Gasteiger partial charge in [-0.05, 0) is 49.7 Å². The highest BCUT2D eigenvalue weighted by molar-refractivity contribution is 6.33. The summed E-state index contributed by atoms with van der Waals surface area (Å²) in [7, 11) is 0. The molecule has 2 aromatic heterocycles. The predicted molar refractivity (Wildman–Crippen MR) is 117 cm³/mol. The molecule has 7 nitrogen and oxygen atoms in total. The van der Waals surface area contributed by atoms with Crippen LogP contribution in [0.2, 0.25) is 5.02 Å². The number of benzene rings is 1. The number of halogens is 1. The monoisotopic (exact) mass is 425 g/mol. The Bertz CT molecular complexity index is 1070. The maximum atomic E-state index is 12.7. The fraction of sp³-hybridized carbons (Fsp3) is 0.273. The van der Waals surface area contributed by atoms with Crippen molar-refractivity contribution in [3.63, 3.8) is 0 Å². The quantitative estimate of drug-likeness (QED) is 0.623. The molecule has 0 saturated heterocycles. The molecular formula is C22H24ClN5O2. The number of rotatable bonds is 6. The number of hydrogen-bond acceptors (Lipinski definition) is 4. The van der Waals surface area contributed by atoms with Gasteiger partial charge in [0.25, 0.3) is 5.91 Å². The van der Waals surface area contributed by atoms with Crippen LogP contribution >= 0.6 is 11.6 Å². The van der Waals surface area contributed by atoms with E-state index in [0.717, 1.165) is 17.0 Å². The van der Waals surface area contributed by atoms with Crippen LogP contribution in [0.25, 0.3) is 5.82 Å². The van der Waals surface area contributed by atoms with Gasteiger partial charge in [-0.2, -0.15) is 5.10 Å². The molecule has 3 rings (SSSR count). The summed E-state index contributed by atoms with van der Waals surface area (Å²) in [5.74, 6) is 0.0200. The Morgan fingerprint density at radius 1 is 1.10 bits per heavy atom. The molecule has 0 aliphatic rings. The second-order valence-electron chi connectivity index (χ2n) is 7.36. The smallest absolute Gasteiger partial charge is 0.271 e. The fourth-order valence-corrected chi connectivity index (χ4v) is 3.02. The van der Waals surface area contributed by atoms with Gasteiger partial charge in [-0.1, -0.05) is 37.6 Å². The second-order valence-corrected chi connectivity index (χ2v) is 7.77. The lowest BCUT2D eigenvalue weighted by molar-refractivity contribution is -0.118. The van der Waals surface area contributed by atoms with Crippen molar-refractivity contribution in [2.45, 2.75) is 34.2 Å². The number of carbonyl (C=O) groups excluding carboxylic acids is 2. The van der Waals surface area contributed by atoms with Crippen molar-refractivity contribution in [2.75, 3.05) is 5.32 Å². The molecule has 8 heteroatoms. The van der Waals surface area contributed by atoms with Gasteiger partial charge in [-0.25, -0.2) is 9.67 Å². The maximum absolute atomic E-state index is 12.7. The van der Waals surface area contributed by atoms with E-state index in [9.17, 15) is 9.59 Å². The van der Waals surface area contributed by atoms with Gasteiger partial charge < -0.3 is 10.6 Å². The second kappa shape index (κ2) is 9.09. The maximum Gasteiger partial charge on any atom is 0.271 e. The van der Waals surface area contributed by atoms with Gasteiger partial charge in [0.15, 0.2) is 5.82 Å². The summed E-state index contributed by atoms with van der Waals surface area (Å²) in [6.45, 7) is 7.79. The average Bonchev–Trinajstić information content (AvgIpc) is 3.05. The summed E-state index contributed by atoms with van der Waals surface area (Å²) >= 11 is 6.21. The van der Waals surface area contributed by atoms with Crippen LogP contribution < -0.4 is 10.6 Å². The molecule has 0 atom stereocenters. The largest absolute Gasteiger partial charge is 0.347 e. The Morgan fingerprint density at radius 3 is 2.40 bits per heavy atom. The molecule has 2 amide bonds. The van der Waals surface area contributed by atoms with Gasteiger partial charge >= 0.3 is 0 Å². The van der Waals surface area contributed by atoms with Crippen molar-refractivity contribution < 1.29 is 9.59 Å². The molecule has 2 heterocycles. The van der Waals surface area contributed by atoms with Crippen LogP contribution in [-0.4, -0.2) is 26.6 Å². The summed E-state index contributed by atoms with van der Waals surface area (Å²) in [6, 6.07) is 12.6. The molecule has 0 unspecified atom stereocenters. The van der Waals surface area contributed by atoms with Crippen molar-refractivity contribution in [3.05, 3.63) is 70.1 Å². The summed E-state index contributed by atoms with van der Waals surface area (Å²) in [6.07, 6.45) is 0. The van der Waals surface area contributed by atoms with Gasteiger partial charge in [0.1, 0.15) is 5.69 Å². The number of nitrogens with one attached hydrogen (secondary N) is 2. The minimum Gasteiger partial charge on any atom is -0.347 e. The van der Waals surface area contributed by atoms with Crippen LogP contribution in [-0.2, 0) is 11.3 Å². The first kappa shape index (κ1) is 21.5. The lowest BCUT2D eigenvalue weighted by Crippen LogP contribution is -2.25. The molecule has 0 aliphatic carbocycles. The lowest BCUT2D eigenvalue weighted by Gasteiger charge is -2.10. The summed E-state index contributed by atoms with van der Waals surface area (Å²) < 4.78 is 1.67. The van der Waals surface area contributed by atoms with Gasteiger partial charge in [0.2, 0.25) is 5.91 Å². The third-order valence-corrected chi connectivity index (χ3v) is 4.78. The van der Waals surface area contributed by atoms with E-state index in [2.05, 4.69) is 20.7 Å². The van der Waals surface area contributed by atoms with Crippen LogP contribution in [0.15, 0.2) is 42.5 Å². The van der Waals surface area contributed by atoms with Crippen LogP contribution in [0.3, 0.4) is 0 Å². The Hall–Kier alpha value is -3.19. The first-order valence-corrected chi connectivity index (χ1v) is 10.0. The zero-order valence-corrected chi connectivity index (χ0v) is 18.1. The first-order chi connectivity index (χ1) is 14.2. The number of aryl methyl sites for hydroxylation is 2. The number of aromatic nitrogens is 3. The van der Waals surface area contributed by atoms with E-state index >= 15 is 0 Å². The average molecular weight is 426 g/mol. The predicted octanol–water partition coefficient (Wildman–Crippen LogP) is 4.06. The van der Waals surface area contributed by atoms with E-state index in [0.29, 0.717) is 18.1 Å². The minimum atomic E-state index is -0.374. The summed E-state index contributed by atoms with van der Waals surface area (Å²) in [4.78, 5) is 28.8. The molecular weight excluding hydrogens is 402 g/mol. The van der Waals surface area contributed by atoms with Crippen molar-refractivity contribution >= 4 is 29.1 Å². The van der Waals surface area contributed by atoms with Crippen LogP contribution in [0.4, 0.5) is 5.69 Å². The van der Waals surface area contributed by atoms with E-state index in [-0.39, 0.29) is 28.4 Å². The molecule has 0 radical (unpaired) electrons. The molecule has 2 N–H and O–H groups in total. The molecule has 1 aromatic carbocycles. The minimum absolute atomic E-state index is 0.0423. The Labute approximate surface area is 180 Å². The standard InChI is InChI=1S/C22H24ClN5O2/c1-13(2)21(29)25-17-7-5-16(6-8-17)12-24-22(30)20-18(23)9-10-19(26-20)28-15(4)11-14(3)27-28/h5-11,13H,12H2,1-4H3,(H,24,30)(H,25,29). The van der Waals surface area contributed by atoms with Crippen LogP contribution in [0.5, 0.6) is 0 Å². The van der Waals surface area contributed by atoms with Gasteiger partial charge in [0.05, 0.1) is 10.7 Å². The molecule has 0 spiro atoms. The Balaban J connectivity index is 1.68. The molecule has 156 valence electrons. The molecule has 0 saturated carbocycles. The van der Waals surface area contributed by atoms with Gasteiger partial charge in [-0.3, -0.25) is 9.59 Å². The number of pyridine rings is 1. The van der Waals surface area contributed by atoms with Crippen molar-refractivity contribution in [1.29, 1.82) is 0 Å². The van der Waals surface area contributed by atoms with E-state index in [1.165, 1.54) is 0 Å². The zero-order chi connectivity index (χ0) is 21.8. The summed E-state index contributed by atoms with van der Waals surface area (Å²) in [5.41, 5.74) is 3.52. The normalized spacial score (nSPS) is 10.9. The molecule has 0 fully saturated rings. The highest BCUT2D eigenvalue weighted by atomic mass is 35.5.